The number of rotatable bonds is 5. The fraction of sp³-hybridized carbons (Fsp3) is 0.923. The summed E-state index contributed by atoms with van der Waals surface area (Å²) in [6, 6.07) is 1.40. The second kappa shape index (κ2) is 11.3. The van der Waals surface area contributed by atoms with Crippen LogP contribution in [0, 0.1) is 0 Å². The van der Waals surface area contributed by atoms with E-state index in [-0.39, 0.29) is 0 Å². The topological polar surface area (TPSA) is 26.3 Å². The fourth-order valence-electron chi connectivity index (χ4n) is 1.65. The summed E-state index contributed by atoms with van der Waals surface area (Å²) in [5.74, 6) is 0.406. The lowest BCUT2D eigenvalue weighted by Gasteiger charge is -2.16. The van der Waals surface area contributed by atoms with Crippen molar-refractivity contribution < 1.29 is 9.22 Å². The van der Waals surface area contributed by atoms with Crippen molar-refractivity contribution in [2.24, 2.45) is 0 Å². The Balaban J connectivity index is 0.000000288. The molecule has 1 saturated heterocycles. The SMILES string of the molecule is CCCCCC(=O)CC.C[SiH]1CCCCO1. The molecular formula is C13H28O2Si. The van der Waals surface area contributed by atoms with Crippen LogP contribution in [0.5, 0.6) is 0 Å². The van der Waals surface area contributed by atoms with Crippen LogP contribution in [0.3, 0.4) is 0 Å². The summed E-state index contributed by atoms with van der Waals surface area (Å²) < 4.78 is 5.42. The minimum absolute atomic E-state index is 0.406. The van der Waals surface area contributed by atoms with Crippen molar-refractivity contribution in [1.29, 1.82) is 0 Å². The molecular weight excluding hydrogens is 216 g/mol. The Labute approximate surface area is 102 Å². The summed E-state index contributed by atoms with van der Waals surface area (Å²) in [4.78, 5) is 10.7. The van der Waals surface area contributed by atoms with E-state index in [4.69, 9.17) is 4.43 Å². The monoisotopic (exact) mass is 244 g/mol. The molecule has 1 aliphatic rings. The van der Waals surface area contributed by atoms with E-state index in [1.807, 2.05) is 6.92 Å². The second-order valence-corrected chi connectivity index (χ2v) is 7.06. The average molecular weight is 244 g/mol. The Morgan fingerprint density at radius 2 is 2.00 bits per heavy atom. The van der Waals surface area contributed by atoms with E-state index in [9.17, 15) is 4.79 Å². The lowest BCUT2D eigenvalue weighted by Crippen LogP contribution is -2.18. The molecule has 1 atom stereocenters. The first-order chi connectivity index (χ1) is 7.70. The summed E-state index contributed by atoms with van der Waals surface area (Å²) >= 11 is 0. The number of Topliss-reactive ketones (excluding diaryl/α,β-unsaturated/α-hetero) is 1. The van der Waals surface area contributed by atoms with Gasteiger partial charge in [0.1, 0.15) is 5.78 Å². The summed E-state index contributed by atoms with van der Waals surface area (Å²) in [7, 11) is -0.595. The van der Waals surface area contributed by atoms with E-state index in [1.54, 1.807) is 0 Å². The number of hydrogen-bond donors (Lipinski definition) is 0. The normalized spacial score (nSPS) is 19.8. The Morgan fingerprint density at radius 1 is 1.25 bits per heavy atom. The maximum atomic E-state index is 10.7. The van der Waals surface area contributed by atoms with Crippen LogP contribution in [-0.4, -0.2) is 21.4 Å². The first-order valence-corrected chi connectivity index (χ1v) is 9.28. The van der Waals surface area contributed by atoms with Gasteiger partial charge in [0.15, 0.2) is 9.04 Å². The number of unbranched alkanes of at least 4 members (excludes halogenated alkanes) is 2. The highest BCUT2D eigenvalue weighted by Gasteiger charge is 2.08. The van der Waals surface area contributed by atoms with Gasteiger partial charge in [-0.2, -0.15) is 0 Å². The standard InChI is InChI=1S/C8H16O.C5H12OSi/c1-3-5-6-7-8(9)4-2;1-7-5-3-2-4-6-7/h3-7H2,1-2H3;7H,2-5H2,1H3. The second-order valence-electron chi connectivity index (χ2n) is 4.53. The molecule has 1 unspecified atom stereocenters. The van der Waals surface area contributed by atoms with Crippen molar-refractivity contribution in [3.05, 3.63) is 0 Å². The van der Waals surface area contributed by atoms with Crippen LogP contribution in [0.15, 0.2) is 0 Å². The Morgan fingerprint density at radius 3 is 2.38 bits per heavy atom. The molecule has 0 N–H and O–H groups in total. The van der Waals surface area contributed by atoms with Crippen molar-refractivity contribution in [2.75, 3.05) is 6.61 Å². The highest BCUT2D eigenvalue weighted by atomic mass is 28.3. The molecule has 1 rings (SSSR count). The molecule has 0 aromatic heterocycles. The van der Waals surface area contributed by atoms with Gasteiger partial charge >= 0.3 is 0 Å². The molecule has 16 heavy (non-hydrogen) atoms. The van der Waals surface area contributed by atoms with Gasteiger partial charge in [-0.1, -0.05) is 33.1 Å². The molecule has 0 aromatic carbocycles. The van der Waals surface area contributed by atoms with Crippen LogP contribution in [0.2, 0.25) is 12.6 Å². The lowest BCUT2D eigenvalue weighted by atomic mass is 10.1. The molecule has 0 saturated carbocycles. The van der Waals surface area contributed by atoms with Crippen molar-refractivity contribution in [2.45, 2.75) is 71.4 Å². The Hall–Kier alpha value is -0.153. The van der Waals surface area contributed by atoms with E-state index in [0.29, 0.717) is 12.2 Å². The zero-order chi connectivity index (χ0) is 12.2. The van der Waals surface area contributed by atoms with E-state index in [2.05, 4.69) is 13.5 Å². The van der Waals surface area contributed by atoms with Gasteiger partial charge in [-0.25, -0.2) is 0 Å². The van der Waals surface area contributed by atoms with Crippen molar-refractivity contribution in [1.82, 2.24) is 0 Å². The van der Waals surface area contributed by atoms with Crippen LogP contribution < -0.4 is 0 Å². The van der Waals surface area contributed by atoms with E-state index < -0.39 is 9.04 Å². The average Bonchev–Trinajstić information content (AvgIpc) is 2.31. The zero-order valence-corrected chi connectivity index (χ0v) is 12.4. The molecule has 3 heteroatoms. The Kier molecular flexibility index (Phi) is 11.2. The smallest absolute Gasteiger partial charge is 0.173 e. The van der Waals surface area contributed by atoms with Crippen molar-refractivity contribution >= 4 is 14.8 Å². The van der Waals surface area contributed by atoms with Gasteiger partial charge < -0.3 is 4.43 Å². The molecule has 0 aliphatic carbocycles. The van der Waals surface area contributed by atoms with Gasteiger partial charge in [0.2, 0.25) is 0 Å². The van der Waals surface area contributed by atoms with Crippen LogP contribution >= 0.6 is 0 Å². The van der Waals surface area contributed by atoms with E-state index >= 15 is 0 Å². The fourth-order valence-corrected chi connectivity index (χ4v) is 3.25. The molecule has 2 nitrogen and oxygen atoms in total. The van der Waals surface area contributed by atoms with Crippen LogP contribution in [-0.2, 0) is 9.22 Å². The molecule has 96 valence electrons. The van der Waals surface area contributed by atoms with Gasteiger partial charge in [-0.05, 0) is 25.4 Å². The first kappa shape index (κ1) is 15.8. The molecule has 0 radical (unpaired) electrons. The van der Waals surface area contributed by atoms with Gasteiger partial charge in [0.25, 0.3) is 0 Å². The molecule has 1 fully saturated rings. The van der Waals surface area contributed by atoms with Crippen LogP contribution in [0.1, 0.15) is 58.8 Å². The largest absolute Gasteiger partial charge is 0.420 e. The van der Waals surface area contributed by atoms with Gasteiger partial charge in [0, 0.05) is 19.4 Å². The maximum absolute atomic E-state index is 10.7. The molecule has 1 heterocycles. The van der Waals surface area contributed by atoms with Crippen LogP contribution in [0.25, 0.3) is 0 Å². The molecule has 1 aliphatic heterocycles. The van der Waals surface area contributed by atoms with Gasteiger partial charge in [-0.15, -0.1) is 0 Å². The van der Waals surface area contributed by atoms with Gasteiger partial charge in [0.05, 0.1) is 0 Å². The van der Waals surface area contributed by atoms with E-state index in [0.717, 1.165) is 19.4 Å². The third kappa shape index (κ3) is 10.4. The Bertz CT molecular complexity index is 165. The number of carbonyl (C=O) groups is 1. The van der Waals surface area contributed by atoms with Crippen molar-refractivity contribution in [3.8, 4) is 0 Å². The summed E-state index contributed by atoms with van der Waals surface area (Å²) in [5, 5.41) is 0. The predicted octanol–water partition coefficient (Wildman–Crippen LogP) is 3.70. The summed E-state index contributed by atoms with van der Waals surface area (Å²) in [6.45, 7) is 7.40. The van der Waals surface area contributed by atoms with Crippen LogP contribution in [0.4, 0.5) is 0 Å². The first-order valence-electron chi connectivity index (χ1n) is 6.84. The zero-order valence-electron chi connectivity index (χ0n) is 11.3. The summed E-state index contributed by atoms with van der Waals surface area (Å²) in [6.07, 6.45) is 7.73. The van der Waals surface area contributed by atoms with Crippen molar-refractivity contribution in [3.63, 3.8) is 0 Å². The minimum atomic E-state index is -0.595. The quantitative estimate of drug-likeness (QED) is 0.544. The molecule has 0 amide bonds. The number of ketones is 1. The third-order valence-electron chi connectivity index (χ3n) is 2.86. The van der Waals surface area contributed by atoms with Gasteiger partial charge in [-0.3, -0.25) is 4.79 Å². The maximum Gasteiger partial charge on any atom is 0.173 e. The number of carbonyl (C=O) groups excluding carboxylic acids is 1. The molecule has 0 aromatic rings. The highest BCUT2D eigenvalue weighted by Crippen LogP contribution is 2.09. The predicted molar refractivity (Wildman–Crippen MR) is 72.4 cm³/mol. The minimum Gasteiger partial charge on any atom is -0.420 e. The lowest BCUT2D eigenvalue weighted by molar-refractivity contribution is -0.118. The third-order valence-corrected chi connectivity index (χ3v) is 4.89. The summed E-state index contributed by atoms with van der Waals surface area (Å²) in [5.41, 5.74) is 0. The number of hydrogen-bond acceptors (Lipinski definition) is 2. The van der Waals surface area contributed by atoms with E-state index in [1.165, 1.54) is 31.7 Å². The highest BCUT2D eigenvalue weighted by molar-refractivity contribution is 6.50. The molecule has 0 bridgehead atoms. The molecule has 0 spiro atoms.